The average molecular weight is 277 g/mol. The van der Waals surface area contributed by atoms with Crippen LogP contribution in [-0.4, -0.2) is 38.7 Å². The van der Waals surface area contributed by atoms with Gasteiger partial charge in [0, 0.05) is 26.6 Å². The SMILES string of the molecule is CN=C(NC(C)=O)C(=NOC)c1ccccc1COC. The summed E-state index contributed by atoms with van der Waals surface area (Å²) >= 11 is 0. The summed E-state index contributed by atoms with van der Waals surface area (Å²) < 4.78 is 5.17. The van der Waals surface area contributed by atoms with E-state index in [0.29, 0.717) is 18.2 Å². The number of benzene rings is 1. The molecule has 0 saturated carbocycles. The Balaban J connectivity index is 3.27. The second-order valence-corrected chi connectivity index (χ2v) is 3.97. The number of oxime groups is 1. The molecular formula is C14H19N3O3. The molecule has 0 aliphatic rings. The molecule has 0 aliphatic heterocycles. The van der Waals surface area contributed by atoms with Crippen LogP contribution in [0.15, 0.2) is 34.4 Å². The summed E-state index contributed by atoms with van der Waals surface area (Å²) in [7, 11) is 4.64. The first kappa shape index (κ1) is 15.8. The first-order chi connectivity index (χ1) is 9.63. The number of nitrogens with one attached hydrogen (secondary N) is 1. The van der Waals surface area contributed by atoms with E-state index in [4.69, 9.17) is 9.57 Å². The molecule has 0 spiro atoms. The first-order valence-corrected chi connectivity index (χ1v) is 6.07. The molecule has 1 N–H and O–H groups in total. The minimum absolute atomic E-state index is 0.223. The molecular weight excluding hydrogens is 258 g/mol. The van der Waals surface area contributed by atoms with Gasteiger partial charge in [-0.3, -0.25) is 9.79 Å². The van der Waals surface area contributed by atoms with Crippen LogP contribution in [0.4, 0.5) is 0 Å². The van der Waals surface area contributed by atoms with Crippen molar-refractivity contribution in [2.24, 2.45) is 10.1 Å². The molecule has 1 rings (SSSR count). The number of nitrogens with zero attached hydrogens (tertiary/aromatic N) is 2. The molecule has 20 heavy (non-hydrogen) atoms. The lowest BCUT2D eigenvalue weighted by atomic mass is 10.0. The Kier molecular flexibility index (Phi) is 6.39. The van der Waals surface area contributed by atoms with Crippen molar-refractivity contribution in [3.8, 4) is 0 Å². The van der Waals surface area contributed by atoms with Gasteiger partial charge in [-0.15, -0.1) is 0 Å². The zero-order chi connectivity index (χ0) is 15.0. The molecule has 1 aromatic rings. The molecule has 0 aromatic heterocycles. The maximum absolute atomic E-state index is 11.3. The number of rotatable bonds is 5. The average Bonchev–Trinajstić information content (AvgIpc) is 2.43. The smallest absolute Gasteiger partial charge is 0.222 e. The fraction of sp³-hybridized carbons (Fsp3) is 0.357. The summed E-state index contributed by atoms with van der Waals surface area (Å²) in [6, 6.07) is 7.58. The van der Waals surface area contributed by atoms with Crippen LogP contribution >= 0.6 is 0 Å². The van der Waals surface area contributed by atoms with E-state index in [9.17, 15) is 4.79 Å². The van der Waals surface area contributed by atoms with Crippen LogP contribution in [-0.2, 0) is 21.0 Å². The van der Waals surface area contributed by atoms with Gasteiger partial charge in [0.2, 0.25) is 5.91 Å². The highest BCUT2D eigenvalue weighted by Gasteiger charge is 2.17. The van der Waals surface area contributed by atoms with Crippen LogP contribution in [0.5, 0.6) is 0 Å². The predicted molar refractivity (Wildman–Crippen MR) is 77.9 cm³/mol. The van der Waals surface area contributed by atoms with E-state index in [2.05, 4.69) is 15.5 Å². The zero-order valence-electron chi connectivity index (χ0n) is 12.1. The second-order valence-electron chi connectivity index (χ2n) is 3.97. The summed E-state index contributed by atoms with van der Waals surface area (Å²) in [4.78, 5) is 20.2. The van der Waals surface area contributed by atoms with Crippen molar-refractivity contribution in [3.05, 3.63) is 35.4 Å². The molecule has 0 atom stereocenters. The van der Waals surface area contributed by atoms with Gasteiger partial charge >= 0.3 is 0 Å². The van der Waals surface area contributed by atoms with E-state index < -0.39 is 0 Å². The summed E-state index contributed by atoms with van der Waals surface area (Å²) in [5.74, 6) is 0.126. The van der Waals surface area contributed by atoms with Gasteiger partial charge in [0.05, 0.1) is 6.61 Å². The highest BCUT2D eigenvalue weighted by molar-refractivity contribution is 6.49. The fourth-order valence-corrected chi connectivity index (χ4v) is 1.73. The topological polar surface area (TPSA) is 72.3 Å². The third kappa shape index (κ3) is 4.17. The Morgan fingerprint density at radius 3 is 2.55 bits per heavy atom. The number of aliphatic imine (C=N–C) groups is 1. The Morgan fingerprint density at radius 2 is 2.00 bits per heavy atom. The van der Waals surface area contributed by atoms with Gasteiger partial charge in [0.25, 0.3) is 0 Å². The van der Waals surface area contributed by atoms with Crippen molar-refractivity contribution in [2.75, 3.05) is 21.3 Å². The summed E-state index contributed by atoms with van der Waals surface area (Å²) in [5.41, 5.74) is 2.18. The van der Waals surface area contributed by atoms with Gasteiger partial charge in [-0.25, -0.2) is 0 Å². The molecule has 6 heteroatoms. The lowest BCUT2D eigenvalue weighted by molar-refractivity contribution is -0.117. The van der Waals surface area contributed by atoms with Crippen molar-refractivity contribution in [1.29, 1.82) is 0 Å². The molecule has 6 nitrogen and oxygen atoms in total. The Hall–Kier alpha value is -2.21. The van der Waals surface area contributed by atoms with E-state index in [0.717, 1.165) is 11.1 Å². The number of carbonyl (C=O) groups is 1. The number of carbonyl (C=O) groups excluding carboxylic acids is 1. The molecule has 0 unspecified atom stereocenters. The second kappa shape index (κ2) is 8.06. The molecule has 1 amide bonds. The molecule has 0 fully saturated rings. The number of hydrogen-bond donors (Lipinski definition) is 1. The maximum atomic E-state index is 11.3. The van der Waals surface area contributed by atoms with Crippen LogP contribution in [0.2, 0.25) is 0 Å². The lowest BCUT2D eigenvalue weighted by Gasteiger charge is -2.13. The summed E-state index contributed by atoms with van der Waals surface area (Å²) in [5, 5.41) is 6.62. The number of methoxy groups -OCH3 is 1. The van der Waals surface area contributed by atoms with Crippen LogP contribution in [0.3, 0.4) is 0 Å². The van der Waals surface area contributed by atoms with Crippen LogP contribution in [0.1, 0.15) is 18.1 Å². The molecule has 108 valence electrons. The van der Waals surface area contributed by atoms with Gasteiger partial charge < -0.3 is 14.9 Å². The van der Waals surface area contributed by atoms with E-state index in [1.807, 2.05) is 24.3 Å². The molecule has 0 radical (unpaired) electrons. The highest BCUT2D eigenvalue weighted by Crippen LogP contribution is 2.12. The van der Waals surface area contributed by atoms with Gasteiger partial charge in [0.1, 0.15) is 7.11 Å². The lowest BCUT2D eigenvalue weighted by Crippen LogP contribution is -2.36. The summed E-state index contributed by atoms with van der Waals surface area (Å²) in [6.45, 7) is 1.84. The Bertz CT molecular complexity index is 524. The number of amides is 1. The quantitative estimate of drug-likeness (QED) is 0.501. The minimum Gasteiger partial charge on any atom is -0.399 e. The number of amidine groups is 1. The molecule has 0 saturated heterocycles. The highest BCUT2D eigenvalue weighted by atomic mass is 16.6. The van der Waals surface area contributed by atoms with Crippen molar-refractivity contribution < 1.29 is 14.4 Å². The van der Waals surface area contributed by atoms with E-state index in [1.165, 1.54) is 14.0 Å². The van der Waals surface area contributed by atoms with Crippen molar-refractivity contribution in [2.45, 2.75) is 13.5 Å². The normalized spacial score (nSPS) is 12.2. The van der Waals surface area contributed by atoms with Crippen molar-refractivity contribution in [3.63, 3.8) is 0 Å². The number of ether oxygens (including phenoxy) is 1. The standard InChI is InChI=1S/C14H19N3O3/c1-10(18)16-14(15-2)13(17-20-4)12-8-6-5-7-11(12)9-19-3/h5-8H,9H2,1-4H3,(H,15,16,18). The van der Waals surface area contributed by atoms with Gasteiger partial charge in [-0.05, 0) is 5.56 Å². The van der Waals surface area contributed by atoms with Crippen molar-refractivity contribution >= 4 is 17.5 Å². The van der Waals surface area contributed by atoms with Crippen LogP contribution in [0.25, 0.3) is 0 Å². The fourth-order valence-electron chi connectivity index (χ4n) is 1.73. The van der Waals surface area contributed by atoms with Gasteiger partial charge in [-0.2, -0.15) is 0 Å². The number of hydrogen-bond acceptors (Lipinski definition) is 5. The third-order valence-electron chi connectivity index (χ3n) is 2.50. The molecule has 1 aromatic carbocycles. The van der Waals surface area contributed by atoms with Crippen LogP contribution in [0, 0.1) is 0 Å². The summed E-state index contributed by atoms with van der Waals surface area (Å²) in [6.07, 6.45) is 0. The Labute approximate surface area is 118 Å². The predicted octanol–water partition coefficient (Wildman–Crippen LogP) is 1.35. The zero-order valence-corrected chi connectivity index (χ0v) is 12.1. The minimum atomic E-state index is -0.223. The van der Waals surface area contributed by atoms with E-state index >= 15 is 0 Å². The molecule has 0 aliphatic carbocycles. The van der Waals surface area contributed by atoms with E-state index in [-0.39, 0.29) is 5.91 Å². The first-order valence-electron chi connectivity index (χ1n) is 6.07. The maximum Gasteiger partial charge on any atom is 0.222 e. The Morgan fingerprint density at radius 1 is 1.30 bits per heavy atom. The van der Waals surface area contributed by atoms with Gasteiger partial charge in [-0.1, -0.05) is 29.4 Å². The van der Waals surface area contributed by atoms with Crippen LogP contribution < -0.4 is 5.32 Å². The van der Waals surface area contributed by atoms with Gasteiger partial charge in [0.15, 0.2) is 11.5 Å². The largest absolute Gasteiger partial charge is 0.399 e. The third-order valence-corrected chi connectivity index (χ3v) is 2.50. The molecule has 0 heterocycles. The van der Waals surface area contributed by atoms with E-state index in [1.54, 1.807) is 14.2 Å². The molecule has 0 bridgehead atoms. The monoisotopic (exact) mass is 277 g/mol. The van der Waals surface area contributed by atoms with Crippen molar-refractivity contribution in [1.82, 2.24) is 5.32 Å².